The zero-order valence-corrected chi connectivity index (χ0v) is 24.1. The monoisotopic (exact) mass is 559 g/mol. The summed E-state index contributed by atoms with van der Waals surface area (Å²) in [7, 11) is 6.68. The fraction of sp³-hybridized carbons (Fsp3) is 0.500. The number of methoxy groups -OCH3 is 2. The van der Waals surface area contributed by atoms with E-state index in [0.717, 1.165) is 49.0 Å². The highest BCUT2D eigenvalue weighted by atomic mass is 16.7. The van der Waals surface area contributed by atoms with Crippen LogP contribution in [-0.2, 0) is 20.8 Å². The number of rotatable bonds is 9. The molecule has 0 radical (unpaired) electrons. The van der Waals surface area contributed by atoms with Crippen molar-refractivity contribution in [2.75, 3.05) is 63.5 Å². The molecule has 41 heavy (non-hydrogen) atoms. The van der Waals surface area contributed by atoms with Crippen LogP contribution in [0.3, 0.4) is 0 Å². The van der Waals surface area contributed by atoms with Gasteiger partial charge in [-0.15, -0.1) is 0 Å². The second kappa shape index (κ2) is 12.7. The number of pyridine rings is 2. The number of anilines is 3. The van der Waals surface area contributed by atoms with Crippen LogP contribution in [0.5, 0.6) is 0 Å². The summed E-state index contributed by atoms with van der Waals surface area (Å²) in [6, 6.07) is 5.53. The van der Waals surface area contributed by atoms with Crippen molar-refractivity contribution in [3.8, 4) is 11.8 Å². The van der Waals surface area contributed by atoms with Gasteiger partial charge in [-0.25, -0.2) is 19.6 Å². The number of piperazine rings is 1. The van der Waals surface area contributed by atoms with E-state index in [1.807, 2.05) is 24.1 Å². The van der Waals surface area contributed by atoms with Crippen molar-refractivity contribution in [3.63, 3.8) is 0 Å². The molecule has 2 N–H and O–H groups in total. The number of nitrogens with one attached hydrogen (secondary N) is 2. The lowest BCUT2D eigenvalue weighted by Crippen LogP contribution is -2.42. The third-order valence-electron chi connectivity index (χ3n) is 7.39. The van der Waals surface area contributed by atoms with Crippen LogP contribution in [0.4, 0.5) is 22.1 Å². The summed E-state index contributed by atoms with van der Waals surface area (Å²) >= 11 is 0. The topological polar surface area (TPSA) is 112 Å². The molecule has 0 spiro atoms. The summed E-state index contributed by atoms with van der Waals surface area (Å²) in [5.41, 5.74) is 3.67. The molecule has 1 saturated heterocycles. The van der Waals surface area contributed by atoms with Gasteiger partial charge in [-0.3, -0.25) is 15.1 Å². The lowest BCUT2D eigenvalue weighted by atomic mass is 10.1. The first-order valence-corrected chi connectivity index (χ1v) is 13.9. The van der Waals surface area contributed by atoms with Crippen molar-refractivity contribution in [1.29, 1.82) is 0 Å². The molecular weight excluding hydrogens is 522 g/mol. The predicted octanol–water partition coefficient (Wildman–Crippen LogP) is 3.24. The van der Waals surface area contributed by atoms with Gasteiger partial charge < -0.3 is 19.7 Å². The third-order valence-corrected chi connectivity index (χ3v) is 7.39. The second-order valence-electron chi connectivity index (χ2n) is 10.8. The lowest BCUT2D eigenvalue weighted by molar-refractivity contribution is -0.109. The summed E-state index contributed by atoms with van der Waals surface area (Å²) in [4.78, 5) is 39.6. The summed E-state index contributed by atoms with van der Waals surface area (Å²) < 4.78 is 11.1. The molecule has 3 fully saturated rings. The van der Waals surface area contributed by atoms with Gasteiger partial charge >= 0.3 is 6.03 Å². The quantitative estimate of drug-likeness (QED) is 0.272. The SMILES string of the molecule is COC(OC)c1nc(N(C)C(=O)Nc2cc(NC3CC3)c(C#CC3CC3)cn2)ccc1CN1CCN(C)CC1=C=O. The van der Waals surface area contributed by atoms with Crippen LogP contribution in [0, 0.1) is 17.8 Å². The molecule has 2 aromatic rings. The normalized spacial score (nSPS) is 17.1. The Labute approximate surface area is 240 Å². The number of ether oxygens (including phenoxy) is 2. The van der Waals surface area contributed by atoms with Gasteiger partial charge in [-0.2, -0.15) is 0 Å². The molecule has 216 valence electrons. The van der Waals surface area contributed by atoms with Crippen molar-refractivity contribution >= 4 is 29.3 Å². The van der Waals surface area contributed by atoms with Crippen LogP contribution in [-0.4, -0.2) is 85.7 Å². The smallest absolute Gasteiger partial charge is 0.328 e. The molecule has 0 bridgehead atoms. The minimum absolute atomic E-state index is 0.394. The van der Waals surface area contributed by atoms with Gasteiger partial charge in [-0.05, 0) is 44.4 Å². The van der Waals surface area contributed by atoms with Crippen LogP contribution in [0.15, 0.2) is 30.1 Å². The summed E-state index contributed by atoms with van der Waals surface area (Å²) in [5.74, 6) is 9.93. The summed E-state index contributed by atoms with van der Waals surface area (Å²) in [5, 5.41) is 6.38. The van der Waals surface area contributed by atoms with E-state index in [1.54, 1.807) is 19.3 Å². The maximum atomic E-state index is 13.3. The molecule has 11 nitrogen and oxygen atoms in total. The molecule has 2 aliphatic carbocycles. The molecule has 5 rings (SSSR count). The van der Waals surface area contributed by atoms with E-state index in [9.17, 15) is 9.59 Å². The largest absolute Gasteiger partial charge is 0.381 e. The van der Waals surface area contributed by atoms with Crippen molar-refractivity contribution < 1.29 is 19.1 Å². The molecule has 11 heteroatoms. The fourth-order valence-electron chi connectivity index (χ4n) is 4.57. The Morgan fingerprint density at radius 2 is 1.98 bits per heavy atom. The number of hydrogen-bond acceptors (Lipinski definition) is 9. The van der Waals surface area contributed by atoms with Crippen molar-refractivity contribution in [1.82, 2.24) is 19.8 Å². The van der Waals surface area contributed by atoms with Gasteiger partial charge in [0.1, 0.15) is 29.0 Å². The van der Waals surface area contributed by atoms with Gasteiger partial charge in [0.2, 0.25) is 6.29 Å². The number of hydrogen-bond donors (Lipinski definition) is 2. The van der Waals surface area contributed by atoms with E-state index in [1.165, 1.54) is 19.1 Å². The Hall–Kier alpha value is -3.94. The molecule has 1 aliphatic heterocycles. The Kier molecular flexibility index (Phi) is 8.86. The van der Waals surface area contributed by atoms with Crippen molar-refractivity contribution in [3.05, 3.63) is 46.9 Å². The molecule has 2 aromatic heterocycles. The van der Waals surface area contributed by atoms with Crippen molar-refractivity contribution in [2.24, 2.45) is 5.92 Å². The van der Waals surface area contributed by atoms with Gasteiger partial charge in [-0.1, -0.05) is 17.9 Å². The van der Waals surface area contributed by atoms with Crippen LogP contribution in [0.1, 0.15) is 48.8 Å². The van der Waals surface area contributed by atoms with Gasteiger partial charge in [0, 0.05) is 71.7 Å². The Balaban J connectivity index is 1.34. The minimum atomic E-state index is -0.750. The number of nitrogens with zero attached hydrogens (tertiary/aromatic N) is 5. The molecule has 0 aromatic carbocycles. The standard InChI is InChI=1S/C30H37N7O4/c1-35-13-14-37(24(18-35)19-38)17-22-9-12-27(34-28(22)29(40-3)41-4)36(2)30(39)33-26-15-25(32-23-10-11-23)21(16-31-26)8-7-20-5-6-20/h9,12,15-16,20,23,29H,5-6,10-11,13-14,17-18H2,1-4H3,(H2,31,32,33,39). The van der Waals surface area contributed by atoms with Gasteiger partial charge in [0.15, 0.2) is 0 Å². The Morgan fingerprint density at radius 3 is 2.66 bits per heavy atom. The van der Waals surface area contributed by atoms with Crippen LogP contribution < -0.4 is 15.5 Å². The number of carbonyl (C=O) groups is 1. The van der Waals surface area contributed by atoms with Crippen LogP contribution >= 0.6 is 0 Å². The van der Waals surface area contributed by atoms with E-state index < -0.39 is 12.3 Å². The van der Waals surface area contributed by atoms with Crippen LogP contribution in [0.25, 0.3) is 0 Å². The maximum absolute atomic E-state index is 13.3. The van der Waals surface area contributed by atoms with Crippen LogP contribution in [0.2, 0.25) is 0 Å². The zero-order chi connectivity index (χ0) is 28.9. The zero-order valence-electron chi connectivity index (χ0n) is 24.1. The average molecular weight is 560 g/mol. The first kappa shape index (κ1) is 28.6. The summed E-state index contributed by atoms with van der Waals surface area (Å²) in [6.45, 7) is 2.49. The van der Waals surface area contributed by atoms with Crippen molar-refractivity contribution in [2.45, 2.75) is 44.6 Å². The molecule has 3 heterocycles. The molecule has 2 saturated carbocycles. The van der Waals surface area contributed by atoms with E-state index in [-0.39, 0.29) is 0 Å². The molecular formula is C30H37N7O4. The lowest BCUT2D eigenvalue weighted by Gasteiger charge is -2.35. The minimum Gasteiger partial charge on any atom is -0.381 e. The van der Waals surface area contributed by atoms with E-state index in [2.05, 4.69) is 38.3 Å². The maximum Gasteiger partial charge on any atom is 0.328 e. The van der Waals surface area contributed by atoms with E-state index in [4.69, 9.17) is 14.5 Å². The third kappa shape index (κ3) is 7.23. The number of aromatic nitrogens is 2. The highest BCUT2D eigenvalue weighted by molar-refractivity contribution is 6.00. The second-order valence-corrected chi connectivity index (χ2v) is 10.8. The first-order valence-electron chi connectivity index (χ1n) is 13.9. The molecule has 2 amide bonds. The number of carbonyl (C=O) groups excluding carboxylic acids is 2. The Morgan fingerprint density at radius 1 is 1.20 bits per heavy atom. The highest BCUT2D eigenvalue weighted by Gasteiger charge is 2.26. The number of likely N-dealkylation sites (N-methyl/N-ethyl adjacent to an activating group) is 1. The van der Waals surface area contributed by atoms with E-state index in [0.29, 0.717) is 54.6 Å². The van der Waals surface area contributed by atoms with Gasteiger partial charge in [0.05, 0.1) is 11.3 Å². The number of amides is 2. The molecule has 3 aliphatic rings. The fourth-order valence-corrected chi connectivity index (χ4v) is 4.57. The Bertz CT molecular complexity index is 1380. The predicted molar refractivity (Wildman–Crippen MR) is 156 cm³/mol. The number of urea groups is 1. The van der Waals surface area contributed by atoms with Gasteiger partial charge in [0.25, 0.3) is 0 Å². The summed E-state index contributed by atoms with van der Waals surface area (Å²) in [6.07, 6.45) is 5.52. The van der Waals surface area contributed by atoms with E-state index >= 15 is 0 Å². The molecule has 0 unspecified atom stereocenters. The average Bonchev–Trinajstić information content (AvgIpc) is 3.91. The highest BCUT2D eigenvalue weighted by Crippen LogP contribution is 2.30. The first-order chi connectivity index (χ1) is 19.9. The molecule has 0 atom stereocenters.